The molecule has 0 fully saturated rings. The first-order valence-corrected chi connectivity index (χ1v) is 8.92. The van der Waals surface area contributed by atoms with Crippen molar-refractivity contribution in [3.8, 4) is 5.75 Å². The Morgan fingerprint density at radius 2 is 2.09 bits per heavy atom. The van der Waals surface area contributed by atoms with Gasteiger partial charge in [0.05, 0.1) is 8.48 Å². The Kier molecular flexibility index (Phi) is 5.98. The number of hydrogen-bond donors (Lipinski definition) is 1. The molecule has 0 radical (unpaired) electrons. The van der Waals surface area contributed by atoms with Crippen molar-refractivity contribution in [1.82, 2.24) is 5.32 Å². The van der Waals surface area contributed by atoms with Crippen LogP contribution >= 0.6 is 50.3 Å². The molecule has 1 heterocycles. The fraction of sp³-hybridized carbons (Fsp3) is 0.143. The van der Waals surface area contributed by atoms with Gasteiger partial charge in [-0.3, -0.25) is 14.4 Å². The first-order chi connectivity index (χ1) is 10.8. The minimum absolute atomic E-state index is 0.229. The highest BCUT2D eigenvalue weighted by molar-refractivity contribution is 14.1. The molecule has 1 N–H and O–H groups in total. The van der Waals surface area contributed by atoms with Crippen LogP contribution in [0, 0.1) is 3.57 Å². The molecule has 0 aromatic heterocycles. The predicted octanol–water partition coefficient (Wildman–Crippen LogP) is 3.09. The van der Waals surface area contributed by atoms with Gasteiger partial charge in [-0.05, 0) is 52.6 Å². The third-order valence-electron chi connectivity index (χ3n) is 2.47. The second kappa shape index (κ2) is 7.58. The Hall–Kier alpha value is -1.20. The summed E-state index contributed by atoms with van der Waals surface area (Å²) in [5, 5.41) is 2.70. The van der Waals surface area contributed by atoms with Crippen LogP contribution in [0.4, 0.5) is 0 Å². The van der Waals surface area contributed by atoms with Crippen molar-refractivity contribution in [1.29, 1.82) is 0 Å². The third kappa shape index (κ3) is 4.88. The average Bonchev–Trinajstić information content (AvgIpc) is 2.72. The molecule has 1 aliphatic rings. The summed E-state index contributed by atoms with van der Waals surface area (Å²) in [7, 11) is 0. The lowest BCUT2D eigenvalue weighted by Gasteiger charge is -2.09. The number of thioether (sulfide) groups is 1. The molecule has 2 amide bonds. The zero-order valence-electron chi connectivity index (χ0n) is 12.0. The highest BCUT2D eigenvalue weighted by Gasteiger charge is 2.23. The molecule has 23 heavy (non-hydrogen) atoms. The zero-order chi connectivity index (χ0) is 17.1. The number of aliphatic imine (C=N–C) groups is 1. The molecule has 120 valence electrons. The molecule has 0 aliphatic carbocycles. The number of nitrogens with one attached hydrogen (secondary N) is 1. The second-order valence-electron chi connectivity index (χ2n) is 4.41. The topological polar surface area (TPSA) is 84.8 Å². The van der Waals surface area contributed by atoms with Crippen LogP contribution in [-0.2, 0) is 14.4 Å². The number of carbonyl (C=O) groups excluding carboxylic acids is 3. The SMILES string of the molecule is CC(=O)NC1=NC(=O)/C(=C\c2cc(Br)cc(I)c2OC(C)=O)S1. The summed E-state index contributed by atoms with van der Waals surface area (Å²) < 4.78 is 6.73. The maximum atomic E-state index is 11.9. The fourth-order valence-electron chi connectivity index (χ4n) is 1.69. The quantitative estimate of drug-likeness (QED) is 0.287. The van der Waals surface area contributed by atoms with Gasteiger partial charge in [0.15, 0.2) is 10.9 Å². The van der Waals surface area contributed by atoms with E-state index in [1.54, 1.807) is 18.2 Å². The van der Waals surface area contributed by atoms with Gasteiger partial charge in [-0.1, -0.05) is 15.9 Å². The molecule has 0 saturated heterocycles. The lowest BCUT2D eigenvalue weighted by Crippen LogP contribution is -2.23. The molecular weight excluding hydrogens is 499 g/mol. The molecule has 0 saturated carbocycles. The van der Waals surface area contributed by atoms with Crippen molar-refractivity contribution >= 4 is 79.3 Å². The van der Waals surface area contributed by atoms with Gasteiger partial charge in [0.25, 0.3) is 5.91 Å². The van der Waals surface area contributed by atoms with Crippen LogP contribution in [0.15, 0.2) is 26.5 Å². The van der Waals surface area contributed by atoms with Crippen LogP contribution in [-0.4, -0.2) is 23.0 Å². The van der Waals surface area contributed by atoms with Gasteiger partial charge < -0.3 is 10.1 Å². The highest BCUT2D eigenvalue weighted by atomic mass is 127. The predicted molar refractivity (Wildman–Crippen MR) is 100.0 cm³/mol. The van der Waals surface area contributed by atoms with Crippen LogP contribution in [0.2, 0.25) is 0 Å². The Morgan fingerprint density at radius 1 is 1.39 bits per heavy atom. The van der Waals surface area contributed by atoms with E-state index in [-0.39, 0.29) is 11.1 Å². The van der Waals surface area contributed by atoms with Gasteiger partial charge in [-0.2, -0.15) is 4.99 Å². The number of nitrogens with zero attached hydrogens (tertiary/aromatic N) is 1. The van der Waals surface area contributed by atoms with E-state index in [0.717, 1.165) is 19.8 Å². The molecule has 1 aromatic carbocycles. The van der Waals surface area contributed by atoms with Crippen molar-refractivity contribution < 1.29 is 19.1 Å². The fourth-order valence-corrected chi connectivity index (χ4v) is 4.20. The Morgan fingerprint density at radius 3 is 2.70 bits per heavy atom. The summed E-state index contributed by atoms with van der Waals surface area (Å²) in [5.74, 6) is -0.842. The van der Waals surface area contributed by atoms with Crippen molar-refractivity contribution in [3.63, 3.8) is 0 Å². The molecule has 1 aliphatic heterocycles. The van der Waals surface area contributed by atoms with Gasteiger partial charge in [0.1, 0.15) is 0 Å². The van der Waals surface area contributed by atoms with Gasteiger partial charge in [0.2, 0.25) is 5.91 Å². The van der Waals surface area contributed by atoms with E-state index >= 15 is 0 Å². The monoisotopic (exact) mass is 508 g/mol. The summed E-state index contributed by atoms with van der Waals surface area (Å²) in [6.45, 7) is 2.65. The Balaban J connectivity index is 2.38. The van der Waals surface area contributed by atoms with Crippen LogP contribution in [0.3, 0.4) is 0 Å². The number of ether oxygens (including phenoxy) is 1. The minimum Gasteiger partial charge on any atom is -0.425 e. The van der Waals surface area contributed by atoms with E-state index < -0.39 is 11.9 Å². The molecule has 0 spiro atoms. The zero-order valence-corrected chi connectivity index (χ0v) is 16.5. The maximum Gasteiger partial charge on any atom is 0.308 e. The van der Waals surface area contributed by atoms with Crippen molar-refractivity contribution in [2.24, 2.45) is 4.99 Å². The van der Waals surface area contributed by atoms with E-state index in [1.807, 2.05) is 22.6 Å². The van der Waals surface area contributed by atoms with E-state index in [1.165, 1.54) is 13.8 Å². The molecule has 2 rings (SSSR count). The first-order valence-electron chi connectivity index (χ1n) is 6.24. The summed E-state index contributed by atoms with van der Waals surface area (Å²) in [6, 6.07) is 3.53. The number of rotatable bonds is 2. The van der Waals surface area contributed by atoms with Gasteiger partial charge in [-0.25, -0.2) is 0 Å². The summed E-state index contributed by atoms with van der Waals surface area (Å²) in [6.07, 6.45) is 1.58. The van der Waals surface area contributed by atoms with Crippen molar-refractivity contribution in [2.75, 3.05) is 0 Å². The number of carbonyl (C=O) groups is 3. The standard InChI is InChI=1S/C14H10BrIN2O4S/c1-6(19)17-14-18-13(21)11(23-14)4-8-3-9(15)5-10(16)12(8)22-7(2)20/h3-5H,1-2H3,(H,17,18,19,21)/b11-4+. The van der Waals surface area contributed by atoms with E-state index in [4.69, 9.17) is 4.74 Å². The third-order valence-corrected chi connectivity index (χ3v) is 4.63. The second-order valence-corrected chi connectivity index (χ2v) is 7.52. The average molecular weight is 509 g/mol. The number of esters is 1. The Bertz CT molecular complexity index is 776. The molecule has 1 aromatic rings. The molecule has 0 atom stereocenters. The van der Waals surface area contributed by atoms with Crippen LogP contribution in [0.5, 0.6) is 5.75 Å². The minimum atomic E-state index is -0.456. The van der Waals surface area contributed by atoms with E-state index in [9.17, 15) is 14.4 Å². The molecule has 9 heteroatoms. The first kappa shape index (κ1) is 18.1. The summed E-state index contributed by atoms with van der Waals surface area (Å²) >= 11 is 6.47. The van der Waals surface area contributed by atoms with Crippen LogP contribution in [0.25, 0.3) is 6.08 Å². The lowest BCUT2D eigenvalue weighted by atomic mass is 10.2. The largest absolute Gasteiger partial charge is 0.425 e. The highest BCUT2D eigenvalue weighted by Crippen LogP contribution is 2.35. The number of amides is 2. The molecule has 6 nitrogen and oxygen atoms in total. The maximum absolute atomic E-state index is 11.9. The van der Waals surface area contributed by atoms with Gasteiger partial charge >= 0.3 is 5.97 Å². The molecule has 0 bridgehead atoms. The Labute approximate surface area is 158 Å². The van der Waals surface area contributed by atoms with E-state index in [0.29, 0.717) is 16.2 Å². The van der Waals surface area contributed by atoms with E-state index in [2.05, 4.69) is 26.2 Å². The van der Waals surface area contributed by atoms with Crippen molar-refractivity contribution in [3.05, 3.63) is 30.6 Å². The number of amidine groups is 1. The van der Waals surface area contributed by atoms with Crippen LogP contribution < -0.4 is 10.1 Å². The summed E-state index contributed by atoms with van der Waals surface area (Å²) in [5.41, 5.74) is 0.564. The molecule has 0 unspecified atom stereocenters. The summed E-state index contributed by atoms with van der Waals surface area (Å²) in [4.78, 5) is 38.3. The van der Waals surface area contributed by atoms with Gasteiger partial charge in [0, 0.05) is 23.9 Å². The van der Waals surface area contributed by atoms with Crippen LogP contribution in [0.1, 0.15) is 19.4 Å². The molecular formula is C14H10BrIN2O4S. The smallest absolute Gasteiger partial charge is 0.308 e. The number of hydrogen-bond acceptors (Lipinski definition) is 5. The lowest BCUT2D eigenvalue weighted by molar-refractivity contribution is -0.132. The normalized spacial score (nSPS) is 15.6. The number of halogens is 2. The number of benzene rings is 1. The van der Waals surface area contributed by atoms with Gasteiger partial charge in [-0.15, -0.1) is 0 Å². The van der Waals surface area contributed by atoms with Crippen molar-refractivity contribution in [2.45, 2.75) is 13.8 Å².